The van der Waals surface area contributed by atoms with Crippen LogP contribution in [0, 0.1) is 6.92 Å². The van der Waals surface area contributed by atoms with E-state index in [4.69, 9.17) is 0 Å². The highest BCUT2D eigenvalue weighted by atomic mass is 15.4. The molecule has 0 amide bonds. The SMILES string of the molecule is Cc1nnn2c1Cc1cncn1-c1ccccc1-2. The minimum atomic E-state index is 0.799. The van der Waals surface area contributed by atoms with Crippen LogP contribution in [0.3, 0.4) is 0 Å². The van der Waals surface area contributed by atoms with Gasteiger partial charge in [0.1, 0.15) is 0 Å². The summed E-state index contributed by atoms with van der Waals surface area (Å²) in [5.74, 6) is 0. The Morgan fingerprint density at radius 1 is 1.17 bits per heavy atom. The number of rotatable bonds is 0. The van der Waals surface area contributed by atoms with E-state index in [0.717, 1.165) is 34.9 Å². The van der Waals surface area contributed by atoms with Crippen molar-refractivity contribution in [3.63, 3.8) is 0 Å². The summed E-state index contributed by atoms with van der Waals surface area (Å²) in [6.45, 7) is 1.99. The van der Waals surface area contributed by atoms with Crippen LogP contribution in [-0.4, -0.2) is 24.5 Å². The van der Waals surface area contributed by atoms with Gasteiger partial charge in [0.25, 0.3) is 0 Å². The van der Waals surface area contributed by atoms with Crippen molar-refractivity contribution in [1.29, 1.82) is 0 Å². The van der Waals surface area contributed by atoms with Gasteiger partial charge in [0.15, 0.2) is 0 Å². The van der Waals surface area contributed by atoms with E-state index in [1.807, 2.05) is 36.3 Å². The zero-order valence-electron chi connectivity index (χ0n) is 9.91. The Kier molecular flexibility index (Phi) is 1.75. The Balaban J connectivity index is 2.14. The molecule has 5 heteroatoms. The summed E-state index contributed by atoms with van der Waals surface area (Å²) in [6.07, 6.45) is 4.55. The van der Waals surface area contributed by atoms with Crippen molar-refractivity contribution in [1.82, 2.24) is 24.5 Å². The topological polar surface area (TPSA) is 48.5 Å². The fourth-order valence-electron chi connectivity index (χ4n) is 2.46. The third kappa shape index (κ3) is 1.13. The average Bonchev–Trinajstić information content (AvgIpc) is 2.96. The summed E-state index contributed by atoms with van der Waals surface area (Å²) in [5, 5.41) is 8.43. The van der Waals surface area contributed by atoms with E-state index in [1.54, 1.807) is 0 Å². The lowest BCUT2D eigenvalue weighted by Crippen LogP contribution is -2.02. The van der Waals surface area contributed by atoms with Crippen molar-refractivity contribution in [2.45, 2.75) is 13.3 Å². The monoisotopic (exact) mass is 237 g/mol. The van der Waals surface area contributed by atoms with Crippen LogP contribution in [0.15, 0.2) is 36.8 Å². The van der Waals surface area contributed by atoms with Crippen molar-refractivity contribution in [2.24, 2.45) is 0 Å². The quantitative estimate of drug-likeness (QED) is 0.467. The molecule has 0 saturated heterocycles. The maximum absolute atomic E-state index is 4.25. The normalized spacial score (nSPS) is 12.5. The number of hydrogen-bond donors (Lipinski definition) is 0. The second kappa shape index (κ2) is 3.29. The molecule has 1 aromatic carbocycles. The molecule has 88 valence electrons. The van der Waals surface area contributed by atoms with E-state index >= 15 is 0 Å². The van der Waals surface area contributed by atoms with Gasteiger partial charge in [-0.2, -0.15) is 0 Å². The first kappa shape index (κ1) is 9.58. The molecular formula is C13H11N5. The number of nitrogens with zero attached hydrogens (tertiary/aromatic N) is 5. The van der Waals surface area contributed by atoms with E-state index in [-0.39, 0.29) is 0 Å². The summed E-state index contributed by atoms with van der Waals surface area (Å²) < 4.78 is 4.04. The fraction of sp³-hybridized carbons (Fsp3) is 0.154. The lowest BCUT2D eigenvalue weighted by molar-refractivity contribution is 0.777. The molecule has 3 aromatic rings. The lowest BCUT2D eigenvalue weighted by Gasteiger charge is -2.08. The molecule has 0 saturated carbocycles. The van der Waals surface area contributed by atoms with Gasteiger partial charge >= 0.3 is 0 Å². The second-order valence-corrected chi connectivity index (χ2v) is 4.45. The number of aryl methyl sites for hydroxylation is 1. The van der Waals surface area contributed by atoms with E-state index < -0.39 is 0 Å². The molecule has 0 N–H and O–H groups in total. The van der Waals surface area contributed by atoms with Crippen LogP contribution >= 0.6 is 0 Å². The summed E-state index contributed by atoms with van der Waals surface area (Å²) in [5.41, 5.74) is 5.39. The zero-order valence-corrected chi connectivity index (χ0v) is 9.91. The van der Waals surface area contributed by atoms with Gasteiger partial charge in [-0.15, -0.1) is 5.10 Å². The molecule has 0 spiro atoms. The average molecular weight is 237 g/mol. The molecule has 0 aliphatic carbocycles. The molecular weight excluding hydrogens is 226 g/mol. The van der Waals surface area contributed by atoms with E-state index in [1.165, 1.54) is 0 Å². The largest absolute Gasteiger partial charge is 0.301 e. The van der Waals surface area contributed by atoms with Gasteiger partial charge in [-0.05, 0) is 19.1 Å². The summed E-state index contributed by atoms with van der Waals surface area (Å²) >= 11 is 0. The molecule has 0 fully saturated rings. The molecule has 5 nitrogen and oxygen atoms in total. The molecule has 2 aromatic heterocycles. The summed E-state index contributed by atoms with van der Waals surface area (Å²) in [7, 11) is 0. The van der Waals surface area contributed by atoms with Gasteiger partial charge < -0.3 is 4.57 Å². The summed E-state index contributed by atoms with van der Waals surface area (Å²) in [4.78, 5) is 4.24. The van der Waals surface area contributed by atoms with E-state index in [9.17, 15) is 0 Å². The van der Waals surface area contributed by atoms with E-state index in [0.29, 0.717) is 0 Å². The van der Waals surface area contributed by atoms with Gasteiger partial charge in [-0.25, -0.2) is 9.67 Å². The number of aromatic nitrogens is 5. The van der Waals surface area contributed by atoms with Crippen LogP contribution in [0.2, 0.25) is 0 Å². The van der Waals surface area contributed by atoms with E-state index in [2.05, 4.69) is 32.0 Å². The number of fused-ring (bicyclic) bond motifs is 5. The molecule has 1 aliphatic heterocycles. The predicted molar refractivity (Wildman–Crippen MR) is 66.0 cm³/mol. The van der Waals surface area contributed by atoms with Crippen LogP contribution in [0.5, 0.6) is 0 Å². The van der Waals surface area contributed by atoms with Gasteiger partial charge in [0.05, 0.1) is 29.1 Å². The Morgan fingerprint density at radius 2 is 2.00 bits per heavy atom. The van der Waals surface area contributed by atoms with Crippen LogP contribution in [-0.2, 0) is 6.42 Å². The Morgan fingerprint density at radius 3 is 2.89 bits per heavy atom. The van der Waals surface area contributed by atoms with Gasteiger partial charge in [0, 0.05) is 18.3 Å². The molecule has 18 heavy (non-hydrogen) atoms. The number of hydrogen-bond acceptors (Lipinski definition) is 3. The van der Waals surface area contributed by atoms with Crippen molar-refractivity contribution in [3.8, 4) is 11.4 Å². The zero-order chi connectivity index (χ0) is 12.1. The van der Waals surface area contributed by atoms with Crippen molar-refractivity contribution in [3.05, 3.63) is 53.9 Å². The molecule has 1 aliphatic rings. The minimum Gasteiger partial charge on any atom is -0.301 e. The third-order valence-electron chi connectivity index (χ3n) is 3.39. The molecule has 0 bridgehead atoms. The first-order valence-corrected chi connectivity index (χ1v) is 5.87. The molecule has 0 unspecified atom stereocenters. The lowest BCUT2D eigenvalue weighted by atomic mass is 10.2. The number of benzene rings is 1. The third-order valence-corrected chi connectivity index (χ3v) is 3.39. The van der Waals surface area contributed by atoms with Crippen LogP contribution in [0.1, 0.15) is 17.1 Å². The van der Waals surface area contributed by atoms with Crippen LogP contribution < -0.4 is 0 Å². The second-order valence-electron chi connectivity index (χ2n) is 4.45. The maximum atomic E-state index is 4.25. The predicted octanol–water partition coefficient (Wildman–Crippen LogP) is 1.67. The van der Waals surface area contributed by atoms with Crippen molar-refractivity contribution >= 4 is 0 Å². The Hall–Kier alpha value is -2.43. The maximum Gasteiger partial charge on any atom is 0.0995 e. The van der Waals surface area contributed by atoms with Gasteiger partial charge in [-0.1, -0.05) is 17.3 Å². The highest BCUT2D eigenvalue weighted by Gasteiger charge is 2.21. The Labute approximate surface area is 104 Å². The highest BCUT2D eigenvalue weighted by Crippen LogP contribution is 2.27. The van der Waals surface area contributed by atoms with Gasteiger partial charge in [-0.3, -0.25) is 0 Å². The summed E-state index contributed by atoms with van der Waals surface area (Å²) in [6, 6.07) is 8.17. The highest BCUT2D eigenvalue weighted by molar-refractivity contribution is 5.55. The van der Waals surface area contributed by atoms with Crippen molar-refractivity contribution < 1.29 is 0 Å². The van der Waals surface area contributed by atoms with Gasteiger partial charge in [0.2, 0.25) is 0 Å². The fourth-order valence-corrected chi connectivity index (χ4v) is 2.46. The number of para-hydroxylation sites is 2. The molecule has 0 atom stereocenters. The van der Waals surface area contributed by atoms with Crippen molar-refractivity contribution in [2.75, 3.05) is 0 Å². The van der Waals surface area contributed by atoms with Crippen LogP contribution in [0.4, 0.5) is 0 Å². The Bertz CT molecular complexity index is 737. The molecule has 4 rings (SSSR count). The first-order valence-electron chi connectivity index (χ1n) is 5.87. The molecule has 3 heterocycles. The minimum absolute atomic E-state index is 0.799. The molecule has 0 radical (unpaired) electrons. The standard InChI is InChI=1S/C13H11N5/c1-9-13-6-10-7-14-8-17(10)11-4-2-3-5-12(11)18(13)16-15-9/h2-5,7-8H,6H2,1H3. The first-order chi connectivity index (χ1) is 8.84. The van der Waals surface area contributed by atoms with Crippen LogP contribution in [0.25, 0.3) is 11.4 Å². The smallest absolute Gasteiger partial charge is 0.0995 e. The number of imidazole rings is 1.